The molecule has 19 heavy (non-hydrogen) atoms. The Morgan fingerprint density at radius 3 is 2.53 bits per heavy atom. The fourth-order valence-corrected chi connectivity index (χ4v) is 2.40. The van der Waals surface area contributed by atoms with Gasteiger partial charge in [0.25, 0.3) is 0 Å². The summed E-state index contributed by atoms with van der Waals surface area (Å²) in [5, 5.41) is 10.0. The second kappa shape index (κ2) is 7.25. The predicted octanol–water partition coefficient (Wildman–Crippen LogP) is 1.27. The lowest BCUT2D eigenvalue weighted by molar-refractivity contribution is -0.0949. The van der Waals surface area contributed by atoms with Crippen molar-refractivity contribution in [3.63, 3.8) is 0 Å². The van der Waals surface area contributed by atoms with E-state index in [9.17, 15) is 5.11 Å². The summed E-state index contributed by atoms with van der Waals surface area (Å²) in [6.07, 6.45) is 5.78. The smallest absolute Gasteiger partial charge is 0.0900 e. The third-order valence-corrected chi connectivity index (χ3v) is 3.16. The molecule has 1 heterocycles. The summed E-state index contributed by atoms with van der Waals surface area (Å²) in [7, 11) is 0. The van der Waals surface area contributed by atoms with E-state index in [-0.39, 0.29) is 17.8 Å². The zero-order chi connectivity index (χ0) is 14.5. The minimum absolute atomic E-state index is 0.217. The molecule has 0 spiro atoms. The average molecular weight is 269 g/mol. The van der Waals surface area contributed by atoms with Crippen LogP contribution in [0.4, 0.5) is 0 Å². The highest BCUT2D eigenvalue weighted by molar-refractivity contribution is 4.92. The van der Waals surface area contributed by atoms with E-state index in [0.717, 1.165) is 13.1 Å². The van der Waals surface area contributed by atoms with Crippen LogP contribution in [0.5, 0.6) is 0 Å². The van der Waals surface area contributed by atoms with Crippen molar-refractivity contribution in [1.82, 2.24) is 4.90 Å². The average Bonchev–Trinajstić information content (AvgIpc) is 2.25. The van der Waals surface area contributed by atoms with Crippen LogP contribution in [0, 0.1) is 12.3 Å². The maximum absolute atomic E-state index is 10.0. The SMILES string of the molecule is C#CCC(C)(C)OC[C@@H](O)CN1C[C@H](C)O[C@@H](C)C1. The first-order valence-corrected chi connectivity index (χ1v) is 6.95. The van der Waals surface area contributed by atoms with Crippen LogP contribution in [0.1, 0.15) is 34.1 Å². The lowest BCUT2D eigenvalue weighted by Crippen LogP contribution is -2.49. The first-order valence-electron chi connectivity index (χ1n) is 6.95. The van der Waals surface area contributed by atoms with E-state index >= 15 is 0 Å². The topological polar surface area (TPSA) is 41.9 Å². The molecule has 1 aliphatic rings. The molecule has 0 aromatic rings. The van der Waals surface area contributed by atoms with Gasteiger partial charge in [-0.05, 0) is 27.7 Å². The molecule has 1 saturated heterocycles. The first-order chi connectivity index (χ1) is 8.82. The lowest BCUT2D eigenvalue weighted by Gasteiger charge is -2.36. The normalized spacial score (nSPS) is 26.9. The largest absolute Gasteiger partial charge is 0.389 e. The highest BCUT2D eigenvalue weighted by Crippen LogP contribution is 2.15. The van der Waals surface area contributed by atoms with Crippen molar-refractivity contribution < 1.29 is 14.6 Å². The van der Waals surface area contributed by atoms with Gasteiger partial charge in [0.2, 0.25) is 0 Å². The Morgan fingerprint density at radius 1 is 1.42 bits per heavy atom. The first kappa shape index (κ1) is 16.5. The molecule has 1 N–H and O–H groups in total. The molecule has 1 fully saturated rings. The molecule has 0 aromatic carbocycles. The number of terminal acetylenes is 1. The molecule has 0 amide bonds. The van der Waals surface area contributed by atoms with Crippen LogP contribution in [-0.4, -0.2) is 60.2 Å². The molecule has 4 heteroatoms. The zero-order valence-electron chi connectivity index (χ0n) is 12.6. The van der Waals surface area contributed by atoms with Gasteiger partial charge < -0.3 is 14.6 Å². The molecule has 1 rings (SSSR count). The van der Waals surface area contributed by atoms with Crippen molar-refractivity contribution in [2.45, 2.75) is 58.0 Å². The number of ether oxygens (including phenoxy) is 2. The van der Waals surface area contributed by atoms with E-state index in [2.05, 4.69) is 24.7 Å². The third-order valence-electron chi connectivity index (χ3n) is 3.16. The summed E-state index contributed by atoms with van der Waals surface area (Å²) in [6, 6.07) is 0. The lowest BCUT2D eigenvalue weighted by atomic mass is 10.1. The van der Waals surface area contributed by atoms with E-state index in [1.54, 1.807) is 0 Å². The van der Waals surface area contributed by atoms with Gasteiger partial charge in [0, 0.05) is 26.1 Å². The third kappa shape index (κ3) is 6.40. The molecule has 0 bridgehead atoms. The Kier molecular flexibility index (Phi) is 6.28. The quantitative estimate of drug-likeness (QED) is 0.738. The van der Waals surface area contributed by atoms with E-state index in [0.29, 0.717) is 19.6 Å². The number of hydrogen-bond donors (Lipinski definition) is 1. The van der Waals surface area contributed by atoms with E-state index < -0.39 is 6.10 Å². The maximum Gasteiger partial charge on any atom is 0.0900 e. The summed E-state index contributed by atoms with van der Waals surface area (Å²) in [6.45, 7) is 10.6. The van der Waals surface area contributed by atoms with Crippen molar-refractivity contribution in [1.29, 1.82) is 0 Å². The summed E-state index contributed by atoms with van der Waals surface area (Å²) >= 11 is 0. The van der Waals surface area contributed by atoms with Gasteiger partial charge in [0.05, 0.1) is 30.5 Å². The van der Waals surface area contributed by atoms with E-state index in [1.807, 2.05) is 13.8 Å². The van der Waals surface area contributed by atoms with Crippen LogP contribution in [0.25, 0.3) is 0 Å². The van der Waals surface area contributed by atoms with Crippen LogP contribution < -0.4 is 0 Å². The minimum Gasteiger partial charge on any atom is -0.389 e. The Hall–Kier alpha value is -0.600. The summed E-state index contributed by atoms with van der Waals surface area (Å²) in [5.41, 5.74) is -0.374. The van der Waals surface area contributed by atoms with Crippen molar-refractivity contribution in [3.8, 4) is 12.3 Å². The Morgan fingerprint density at radius 2 is 2.00 bits per heavy atom. The molecule has 4 nitrogen and oxygen atoms in total. The highest BCUT2D eigenvalue weighted by atomic mass is 16.5. The Labute approximate surface area is 117 Å². The fourth-order valence-electron chi connectivity index (χ4n) is 2.40. The van der Waals surface area contributed by atoms with Crippen LogP contribution >= 0.6 is 0 Å². The molecule has 3 atom stereocenters. The number of β-amino-alcohol motifs (C(OH)–C–C–N with tert-alkyl or cyclic N) is 1. The molecule has 0 saturated carbocycles. The van der Waals surface area contributed by atoms with Crippen molar-refractivity contribution >= 4 is 0 Å². The number of morpholine rings is 1. The number of nitrogens with zero attached hydrogens (tertiary/aromatic N) is 1. The van der Waals surface area contributed by atoms with Crippen molar-refractivity contribution in [3.05, 3.63) is 0 Å². The molecule has 1 aliphatic heterocycles. The summed E-state index contributed by atoms with van der Waals surface area (Å²) < 4.78 is 11.3. The predicted molar refractivity (Wildman–Crippen MR) is 75.9 cm³/mol. The summed E-state index contributed by atoms with van der Waals surface area (Å²) in [4.78, 5) is 2.22. The van der Waals surface area contributed by atoms with Crippen LogP contribution in [0.2, 0.25) is 0 Å². The van der Waals surface area contributed by atoms with Gasteiger partial charge in [-0.1, -0.05) is 0 Å². The van der Waals surface area contributed by atoms with Gasteiger partial charge in [-0.3, -0.25) is 4.90 Å². The van der Waals surface area contributed by atoms with Crippen molar-refractivity contribution in [2.75, 3.05) is 26.2 Å². The number of hydrogen-bond acceptors (Lipinski definition) is 4. The zero-order valence-corrected chi connectivity index (χ0v) is 12.6. The highest BCUT2D eigenvalue weighted by Gasteiger charge is 2.25. The molecule has 110 valence electrons. The van der Waals surface area contributed by atoms with Gasteiger partial charge >= 0.3 is 0 Å². The Balaban J connectivity index is 2.31. The van der Waals surface area contributed by atoms with Gasteiger partial charge in [-0.25, -0.2) is 0 Å². The summed E-state index contributed by atoms with van der Waals surface area (Å²) in [5.74, 6) is 2.59. The molecule has 0 aromatic heterocycles. The second-order valence-electron chi connectivity index (χ2n) is 6.08. The van der Waals surface area contributed by atoms with Gasteiger partial charge in [0.1, 0.15) is 0 Å². The Bertz CT molecular complexity index is 301. The van der Waals surface area contributed by atoms with Gasteiger partial charge in [-0.2, -0.15) is 0 Å². The fraction of sp³-hybridized carbons (Fsp3) is 0.867. The minimum atomic E-state index is -0.491. The number of aliphatic hydroxyl groups is 1. The standard InChI is InChI=1S/C15H27NO3/c1-6-7-15(4,5)18-11-14(17)10-16-8-12(2)19-13(3)9-16/h1,12-14,17H,7-11H2,2-5H3/t12-,13-,14-/m0/s1. The van der Waals surface area contributed by atoms with Crippen molar-refractivity contribution in [2.24, 2.45) is 0 Å². The molecule has 0 aliphatic carbocycles. The molecular weight excluding hydrogens is 242 g/mol. The van der Waals surface area contributed by atoms with Crippen LogP contribution in [0.3, 0.4) is 0 Å². The van der Waals surface area contributed by atoms with E-state index in [1.165, 1.54) is 0 Å². The number of rotatable bonds is 6. The van der Waals surface area contributed by atoms with Gasteiger partial charge in [0.15, 0.2) is 0 Å². The van der Waals surface area contributed by atoms with E-state index in [4.69, 9.17) is 15.9 Å². The molecular formula is C15H27NO3. The maximum atomic E-state index is 10.0. The number of aliphatic hydroxyl groups excluding tert-OH is 1. The molecule has 0 radical (unpaired) electrons. The van der Waals surface area contributed by atoms with Crippen LogP contribution in [-0.2, 0) is 9.47 Å². The molecule has 0 unspecified atom stereocenters. The van der Waals surface area contributed by atoms with Crippen LogP contribution in [0.15, 0.2) is 0 Å². The second-order valence-corrected chi connectivity index (χ2v) is 6.08. The van der Waals surface area contributed by atoms with Gasteiger partial charge in [-0.15, -0.1) is 12.3 Å². The monoisotopic (exact) mass is 269 g/mol.